The molecule has 1 aromatic heterocycles. The van der Waals surface area contributed by atoms with E-state index < -0.39 is 0 Å². The van der Waals surface area contributed by atoms with Crippen LogP contribution in [0.3, 0.4) is 0 Å². The van der Waals surface area contributed by atoms with Gasteiger partial charge >= 0.3 is 0 Å². The van der Waals surface area contributed by atoms with Crippen molar-refractivity contribution >= 4 is 17.5 Å². The third-order valence-electron chi connectivity index (χ3n) is 3.30. The summed E-state index contributed by atoms with van der Waals surface area (Å²) in [5, 5.41) is 6.26. The number of aromatic nitrogens is 2. The minimum Gasteiger partial charge on any atom is -0.352 e. The lowest BCUT2D eigenvalue weighted by Gasteiger charge is -2.13. The second-order valence-electron chi connectivity index (χ2n) is 5.68. The summed E-state index contributed by atoms with van der Waals surface area (Å²) in [4.78, 5) is 8.96. The van der Waals surface area contributed by atoms with Crippen LogP contribution in [0.2, 0.25) is 0 Å². The van der Waals surface area contributed by atoms with Crippen molar-refractivity contribution in [1.29, 1.82) is 0 Å². The number of hydrogen-bond acceptors (Lipinski definition) is 4. The second kappa shape index (κ2) is 5.68. The zero-order valence-corrected chi connectivity index (χ0v) is 12.2. The fourth-order valence-electron chi connectivity index (χ4n) is 2.14. The predicted octanol–water partition coefficient (Wildman–Crippen LogP) is 4.06. The van der Waals surface area contributed by atoms with E-state index >= 15 is 0 Å². The van der Waals surface area contributed by atoms with Crippen molar-refractivity contribution in [2.45, 2.75) is 38.6 Å². The molecule has 1 aromatic carbocycles. The zero-order valence-electron chi connectivity index (χ0n) is 12.2. The number of anilines is 3. The van der Waals surface area contributed by atoms with Gasteiger partial charge in [0.15, 0.2) is 0 Å². The Morgan fingerprint density at radius 2 is 1.95 bits per heavy atom. The molecule has 0 atom stereocenters. The molecule has 1 aliphatic rings. The Labute approximate surface area is 123 Å². The number of nitrogens with zero attached hydrogens (tertiary/aromatic N) is 2. The fourth-order valence-corrected chi connectivity index (χ4v) is 2.14. The van der Waals surface area contributed by atoms with Crippen molar-refractivity contribution in [1.82, 2.24) is 9.97 Å². The third kappa shape index (κ3) is 3.48. The van der Waals surface area contributed by atoms with E-state index in [0.717, 1.165) is 18.5 Å². The maximum Gasteiger partial charge on any atom is 0.225 e. The van der Waals surface area contributed by atoms with Crippen LogP contribution in [-0.2, 0) is 0 Å². The van der Waals surface area contributed by atoms with E-state index in [9.17, 15) is 4.39 Å². The van der Waals surface area contributed by atoms with Gasteiger partial charge in [0, 0.05) is 18.0 Å². The number of halogens is 1. The minimum absolute atomic E-state index is 0.251. The first-order chi connectivity index (χ1) is 10.1. The summed E-state index contributed by atoms with van der Waals surface area (Å²) in [7, 11) is 0. The molecule has 0 amide bonds. The molecule has 21 heavy (non-hydrogen) atoms. The van der Waals surface area contributed by atoms with Crippen LogP contribution >= 0.6 is 0 Å². The molecule has 1 fully saturated rings. The van der Waals surface area contributed by atoms with Crippen LogP contribution in [0.4, 0.5) is 21.8 Å². The number of benzene rings is 1. The molecule has 0 aliphatic heterocycles. The first-order valence-electron chi connectivity index (χ1n) is 7.29. The normalized spacial score (nSPS) is 14.3. The van der Waals surface area contributed by atoms with Crippen molar-refractivity contribution in [3.8, 4) is 0 Å². The maximum absolute atomic E-state index is 13.7. The number of nitrogens with one attached hydrogen (secondary N) is 2. The highest BCUT2D eigenvalue weighted by atomic mass is 19.1. The number of para-hydroxylation sites is 1. The van der Waals surface area contributed by atoms with E-state index in [0.29, 0.717) is 23.4 Å². The van der Waals surface area contributed by atoms with E-state index in [4.69, 9.17) is 0 Å². The average Bonchev–Trinajstić information content (AvgIpc) is 3.25. The third-order valence-corrected chi connectivity index (χ3v) is 3.30. The van der Waals surface area contributed by atoms with Gasteiger partial charge in [-0.2, -0.15) is 4.98 Å². The van der Waals surface area contributed by atoms with Crippen molar-refractivity contribution < 1.29 is 4.39 Å². The first kappa shape index (κ1) is 13.8. The van der Waals surface area contributed by atoms with Gasteiger partial charge in [-0.25, -0.2) is 9.37 Å². The SMILES string of the molecule is CC(C)Nc1nc(Nc2ccccc2F)cc(C2CC2)n1. The quantitative estimate of drug-likeness (QED) is 0.870. The van der Waals surface area contributed by atoms with Gasteiger partial charge in [-0.3, -0.25) is 0 Å². The van der Waals surface area contributed by atoms with E-state index in [1.165, 1.54) is 6.07 Å². The Kier molecular flexibility index (Phi) is 3.73. The first-order valence-corrected chi connectivity index (χ1v) is 7.29. The lowest BCUT2D eigenvalue weighted by molar-refractivity contribution is 0.632. The predicted molar refractivity (Wildman–Crippen MR) is 82.4 cm³/mol. The number of rotatable bonds is 5. The van der Waals surface area contributed by atoms with Gasteiger partial charge in [0.05, 0.1) is 11.4 Å². The molecule has 1 aliphatic carbocycles. The summed E-state index contributed by atoms with van der Waals surface area (Å²) in [5.41, 5.74) is 1.44. The molecular formula is C16H19FN4. The van der Waals surface area contributed by atoms with E-state index in [1.54, 1.807) is 18.2 Å². The Hall–Kier alpha value is -2.17. The van der Waals surface area contributed by atoms with Gasteiger partial charge in [0.2, 0.25) is 5.95 Å². The highest BCUT2D eigenvalue weighted by molar-refractivity contribution is 5.58. The van der Waals surface area contributed by atoms with Gasteiger partial charge in [0.1, 0.15) is 11.6 Å². The standard InChI is InChI=1S/C16H19FN4/c1-10(2)18-16-20-14(11-7-8-11)9-15(21-16)19-13-6-4-3-5-12(13)17/h3-6,9-11H,7-8H2,1-2H3,(H2,18,19,20,21). The minimum atomic E-state index is -0.289. The highest BCUT2D eigenvalue weighted by Gasteiger charge is 2.26. The summed E-state index contributed by atoms with van der Waals surface area (Å²) in [6.07, 6.45) is 2.33. The molecular weight excluding hydrogens is 267 g/mol. The topological polar surface area (TPSA) is 49.8 Å². The summed E-state index contributed by atoms with van der Waals surface area (Å²) in [6.45, 7) is 4.08. The molecule has 0 saturated heterocycles. The fraction of sp³-hybridized carbons (Fsp3) is 0.375. The largest absolute Gasteiger partial charge is 0.352 e. The molecule has 110 valence electrons. The molecule has 0 spiro atoms. The van der Waals surface area contributed by atoms with Crippen molar-refractivity contribution in [3.05, 3.63) is 41.8 Å². The van der Waals surface area contributed by atoms with E-state index in [-0.39, 0.29) is 11.9 Å². The second-order valence-corrected chi connectivity index (χ2v) is 5.68. The van der Waals surface area contributed by atoms with Crippen LogP contribution in [0.5, 0.6) is 0 Å². The molecule has 0 bridgehead atoms. The van der Waals surface area contributed by atoms with Crippen molar-refractivity contribution in [2.75, 3.05) is 10.6 Å². The molecule has 0 radical (unpaired) electrons. The Morgan fingerprint density at radius 3 is 2.62 bits per heavy atom. The lowest BCUT2D eigenvalue weighted by Crippen LogP contribution is -2.14. The van der Waals surface area contributed by atoms with Crippen LogP contribution in [0.15, 0.2) is 30.3 Å². The van der Waals surface area contributed by atoms with Crippen molar-refractivity contribution in [2.24, 2.45) is 0 Å². The van der Waals surface area contributed by atoms with Gasteiger partial charge in [-0.15, -0.1) is 0 Å². The van der Waals surface area contributed by atoms with Crippen LogP contribution in [0.25, 0.3) is 0 Å². The van der Waals surface area contributed by atoms with Gasteiger partial charge in [-0.1, -0.05) is 12.1 Å². The molecule has 3 rings (SSSR count). The van der Waals surface area contributed by atoms with Gasteiger partial charge in [0.25, 0.3) is 0 Å². The number of hydrogen-bond donors (Lipinski definition) is 2. The molecule has 1 heterocycles. The highest BCUT2D eigenvalue weighted by Crippen LogP contribution is 2.40. The molecule has 1 saturated carbocycles. The van der Waals surface area contributed by atoms with E-state index in [1.807, 2.05) is 19.9 Å². The average molecular weight is 286 g/mol. The molecule has 2 aromatic rings. The van der Waals surface area contributed by atoms with Gasteiger partial charge < -0.3 is 10.6 Å². The summed E-state index contributed by atoms with van der Waals surface area (Å²) in [5.74, 6) is 1.44. The summed E-state index contributed by atoms with van der Waals surface area (Å²) < 4.78 is 13.7. The lowest BCUT2D eigenvalue weighted by atomic mass is 10.2. The molecule has 2 N–H and O–H groups in total. The van der Waals surface area contributed by atoms with Crippen LogP contribution in [0.1, 0.15) is 38.3 Å². The smallest absolute Gasteiger partial charge is 0.225 e. The van der Waals surface area contributed by atoms with Gasteiger partial charge in [-0.05, 0) is 38.8 Å². The molecule has 0 unspecified atom stereocenters. The Balaban J connectivity index is 1.89. The van der Waals surface area contributed by atoms with Crippen LogP contribution in [0, 0.1) is 5.82 Å². The zero-order chi connectivity index (χ0) is 14.8. The maximum atomic E-state index is 13.7. The Bertz CT molecular complexity index is 638. The van der Waals surface area contributed by atoms with Crippen molar-refractivity contribution in [3.63, 3.8) is 0 Å². The summed E-state index contributed by atoms with van der Waals surface area (Å²) in [6, 6.07) is 8.75. The summed E-state index contributed by atoms with van der Waals surface area (Å²) >= 11 is 0. The van der Waals surface area contributed by atoms with E-state index in [2.05, 4.69) is 20.6 Å². The monoisotopic (exact) mass is 286 g/mol. The van der Waals surface area contributed by atoms with Crippen LogP contribution < -0.4 is 10.6 Å². The Morgan fingerprint density at radius 1 is 1.19 bits per heavy atom. The van der Waals surface area contributed by atoms with Crippen LogP contribution in [-0.4, -0.2) is 16.0 Å². The molecule has 5 heteroatoms. The molecule has 4 nitrogen and oxygen atoms in total.